The van der Waals surface area contributed by atoms with Gasteiger partial charge in [0.15, 0.2) is 0 Å². The highest BCUT2D eigenvalue weighted by Crippen LogP contribution is 2.29. The second-order valence-corrected chi connectivity index (χ2v) is 8.81. The number of hydrogen-bond acceptors (Lipinski definition) is 5. The number of fused-ring (bicyclic) bond motifs is 1. The van der Waals surface area contributed by atoms with Crippen molar-refractivity contribution in [1.29, 1.82) is 0 Å². The molecular weight excluding hydrogens is 388 g/mol. The summed E-state index contributed by atoms with van der Waals surface area (Å²) in [4.78, 5) is 22.8. The van der Waals surface area contributed by atoms with Crippen LogP contribution in [-0.4, -0.2) is 39.7 Å². The average Bonchev–Trinajstić information content (AvgIpc) is 2.74. The van der Waals surface area contributed by atoms with E-state index in [0.29, 0.717) is 25.6 Å². The molecule has 0 spiro atoms. The van der Waals surface area contributed by atoms with E-state index in [2.05, 4.69) is 28.4 Å². The maximum Gasteiger partial charge on any atom is 0.410 e. The molecule has 0 aliphatic carbocycles. The van der Waals surface area contributed by atoms with Crippen molar-refractivity contribution in [3.05, 3.63) is 72.7 Å². The summed E-state index contributed by atoms with van der Waals surface area (Å²) in [5.41, 5.74) is 4.42. The first-order valence-corrected chi connectivity index (χ1v) is 10.7. The third-order valence-corrected chi connectivity index (χ3v) is 5.27. The monoisotopic (exact) mass is 420 g/mol. The number of aromatic nitrogens is 2. The van der Waals surface area contributed by atoms with Crippen molar-refractivity contribution in [2.24, 2.45) is 5.92 Å². The molecule has 0 saturated carbocycles. The molecule has 6 heteroatoms. The lowest BCUT2D eigenvalue weighted by Gasteiger charge is -2.34. The van der Waals surface area contributed by atoms with Crippen LogP contribution in [0.1, 0.15) is 39.2 Å². The standard InChI is InChI=1S/C25H32N4O2/c1-6-7-21(20-10-14-29(15-11-20)24(30)31-25(3,4)5)18(2)28-17-19-8-9-22-23(16-19)27-13-12-26-22/h6-9,12-13,16,20,28H,1-2,10-11,14-15,17H2,3-5H3/b21-7+. The molecule has 1 aromatic carbocycles. The summed E-state index contributed by atoms with van der Waals surface area (Å²) >= 11 is 0. The molecule has 3 rings (SSSR count). The summed E-state index contributed by atoms with van der Waals surface area (Å²) in [6.45, 7) is 15.8. The SMILES string of the molecule is C=C/C=C(\C(=C)NCc1ccc2nccnc2c1)C1CCN(C(=O)OC(C)(C)C)CC1. The minimum Gasteiger partial charge on any atom is -0.444 e. The van der Waals surface area contributed by atoms with Gasteiger partial charge in [0.2, 0.25) is 0 Å². The van der Waals surface area contributed by atoms with Crippen LogP contribution in [0.2, 0.25) is 0 Å². The van der Waals surface area contributed by atoms with Crippen molar-refractivity contribution in [2.75, 3.05) is 13.1 Å². The van der Waals surface area contributed by atoms with Crippen molar-refractivity contribution in [1.82, 2.24) is 20.2 Å². The predicted octanol–water partition coefficient (Wildman–Crippen LogP) is 4.99. The highest BCUT2D eigenvalue weighted by atomic mass is 16.6. The Morgan fingerprint density at radius 1 is 1.23 bits per heavy atom. The Morgan fingerprint density at radius 3 is 2.55 bits per heavy atom. The van der Waals surface area contributed by atoms with Gasteiger partial charge in [-0.25, -0.2) is 4.79 Å². The van der Waals surface area contributed by atoms with Crippen LogP contribution in [-0.2, 0) is 11.3 Å². The van der Waals surface area contributed by atoms with Crippen LogP contribution < -0.4 is 5.32 Å². The van der Waals surface area contributed by atoms with E-state index in [4.69, 9.17) is 4.74 Å². The number of carbonyl (C=O) groups excluding carboxylic acids is 1. The molecule has 0 unspecified atom stereocenters. The van der Waals surface area contributed by atoms with E-state index >= 15 is 0 Å². The number of likely N-dealkylation sites (tertiary alicyclic amines) is 1. The Balaban J connectivity index is 1.58. The second kappa shape index (κ2) is 9.77. The highest BCUT2D eigenvalue weighted by Gasteiger charge is 2.28. The molecule has 1 aromatic heterocycles. The maximum absolute atomic E-state index is 12.3. The molecular formula is C25H32N4O2. The molecule has 1 saturated heterocycles. The first-order valence-electron chi connectivity index (χ1n) is 10.7. The van der Waals surface area contributed by atoms with Gasteiger partial charge in [-0.1, -0.05) is 31.4 Å². The van der Waals surface area contributed by atoms with Gasteiger partial charge in [-0.2, -0.15) is 0 Å². The first-order chi connectivity index (χ1) is 14.8. The van der Waals surface area contributed by atoms with Crippen LogP contribution in [0.3, 0.4) is 0 Å². The molecule has 1 aliphatic rings. The molecule has 1 fully saturated rings. The number of allylic oxidation sites excluding steroid dienone is 3. The van der Waals surface area contributed by atoms with Crippen LogP contribution >= 0.6 is 0 Å². The van der Waals surface area contributed by atoms with Gasteiger partial charge >= 0.3 is 6.09 Å². The van der Waals surface area contributed by atoms with Crippen molar-refractivity contribution >= 4 is 17.1 Å². The summed E-state index contributed by atoms with van der Waals surface area (Å²) in [7, 11) is 0. The van der Waals surface area contributed by atoms with Gasteiger partial charge in [-0.15, -0.1) is 0 Å². The summed E-state index contributed by atoms with van der Waals surface area (Å²) in [5, 5.41) is 3.45. The molecule has 0 bridgehead atoms. The smallest absolute Gasteiger partial charge is 0.410 e. The van der Waals surface area contributed by atoms with Crippen molar-refractivity contribution in [2.45, 2.75) is 45.8 Å². The summed E-state index contributed by atoms with van der Waals surface area (Å²) in [6, 6.07) is 6.07. The van der Waals surface area contributed by atoms with E-state index in [9.17, 15) is 4.79 Å². The van der Waals surface area contributed by atoms with Gasteiger partial charge in [0, 0.05) is 37.7 Å². The van der Waals surface area contributed by atoms with Crippen LogP contribution in [0.25, 0.3) is 11.0 Å². The fourth-order valence-corrected chi connectivity index (χ4v) is 3.74. The summed E-state index contributed by atoms with van der Waals surface area (Å²) < 4.78 is 5.50. The number of carbonyl (C=O) groups is 1. The van der Waals surface area contributed by atoms with Crippen LogP contribution in [0.4, 0.5) is 4.79 Å². The molecule has 2 heterocycles. The number of amides is 1. The van der Waals surface area contributed by atoms with Crippen LogP contribution in [0.15, 0.2) is 67.2 Å². The number of benzene rings is 1. The fraction of sp³-hybridized carbons (Fsp3) is 0.400. The molecule has 0 radical (unpaired) electrons. The quantitative estimate of drug-likeness (QED) is 0.667. The van der Waals surface area contributed by atoms with Gasteiger partial charge in [0.25, 0.3) is 0 Å². The third kappa shape index (κ3) is 6.17. The average molecular weight is 421 g/mol. The maximum atomic E-state index is 12.3. The lowest BCUT2D eigenvalue weighted by Crippen LogP contribution is -2.42. The third-order valence-electron chi connectivity index (χ3n) is 5.27. The van der Waals surface area contributed by atoms with E-state index in [1.807, 2.05) is 45.0 Å². The lowest BCUT2D eigenvalue weighted by molar-refractivity contribution is 0.0195. The van der Waals surface area contributed by atoms with Crippen LogP contribution in [0, 0.1) is 5.92 Å². The minimum absolute atomic E-state index is 0.239. The number of rotatable bonds is 6. The molecule has 2 aromatic rings. The molecule has 1 N–H and O–H groups in total. The Morgan fingerprint density at radius 2 is 1.90 bits per heavy atom. The largest absolute Gasteiger partial charge is 0.444 e. The molecule has 31 heavy (non-hydrogen) atoms. The number of nitrogens with one attached hydrogen (secondary N) is 1. The topological polar surface area (TPSA) is 67.4 Å². The zero-order valence-electron chi connectivity index (χ0n) is 18.7. The molecule has 1 aliphatic heterocycles. The molecule has 6 nitrogen and oxygen atoms in total. The van der Waals surface area contributed by atoms with Crippen molar-refractivity contribution in [3.63, 3.8) is 0 Å². The Kier molecular flexibility index (Phi) is 7.10. The van der Waals surface area contributed by atoms with E-state index < -0.39 is 5.60 Å². The second-order valence-electron chi connectivity index (χ2n) is 8.81. The van der Waals surface area contributed by atoms with Gasteiger partial charge in [0.05, 0.1) is 11.0 Å². The highest BCUT2D eigenvalue weighted by molar-refractivity contribution is 5.74. The Labute approximate surface area is 184 Å². The van der Waals surface area contributed by atoms with Gasteiger partial charge in [-0.3, -0.25) is 9.97 Å². The number of ether oxygens (including phenoxy) is 1. The molecule has 1 amide bonds. The number of piperidine rings is 1. The molecule has 0 atom stereocenters. The van der Waals surface area contributed by atoms with Crippen LogP contribution in [0.5, 0.6) is 0 Å². The van der Waals surface area contributed by atoms with Crippen molar-refractivity contribution in [3.8, 4) is 0 Å². The molecule has 164 valence electrons. The van der Waals surface area contributed by atoms with Gasteiger partial charge in [0.1, 0.15) is 5.60 Å². The number of hydrogen-bond donors (Lipinski definition) is 1. The first kappa shape index (κ1) is 22.5. The Bertz CT molecular complexity index is 982. The minimum atomic E-state index is -0.478. The normalized spacial score (nSPS) is 15.6. The van der Waals surface area contributed by atoms with E-state index in [1.54, 1.807) is 23.4 Å². The Hall–Kier alpha value is -3.15. The van der Waals surface area contributed by atoms with E-state index in [-0.39, 0.29) is 6.09 Å². The zero-order valence-corrected chi connectivity index (χ0v) is 18.7. The van der Waals surface area contributed by atoms with E-state index in [0.717, 1.165) is 40.7 Å². The zero-order chi connectivity index (χ0) is 22.4. The van der Waals surface area contributed by atoms with Gasteiger partial charge < -0.3 is 15.0 Å². The summed E-state index contributed by atoms with van der Waals surface area (Å²) in [6.07, 6.45) is 8.71. The summed E-state index contributed by atoms with van der Waals surface area (Å²) in [5.74, 6) is 0.319. The van der Waals surface area contributed by atoms with Gasteiger partial charge in [-0.05, 0) is 62.8 Å². The fourth-order valence-electron chi connectivity index (χ4n) is 3.74. The lowest BCUT2D eigenvalue weighted by atomic mass is 9.87. The van der Waals surface area contributed by atoms with E-state index in [1.165, 1.54) is 0 Å². The predicted molar refractivity (Wildman–Crippen MR) is 124 cm³/mol. The van der Waals surface area contributed by atoms with Crippen molar-refractivity contribution < 1.29 is 9.53 Å². The number of nitrogens with zero attached hydrogens (tertiary/aromatic N) is 3.